The first-order valence-electron chi connectivity index (χ1n) is 5.24. The predicted molar refractivity (Wildman–Crippen MR) is 66.6 cm³/mol. The summed E-state index contributed by atoms with van der Waals surface area (Å²) < 4.78 is 0. The Bertz CT molecular complexity index is 481. The number of rotatable bonds is 5. The Hall–Kier alpha value is -1.89. The molecular weight excluding hydrogens is 256 g/mol. The van der Waals surface area contributed by atoms with E-state index in [1.807, 2.05) is 0 Å². The van der Waals surface area contributed by atoms with Gasteiger partial charge in [-0.15, -0.1) is 11.3 Å². The number of carbonyl (C=O) groups is 3. The van der Waals surface area contributed by atoms with Gasteiger partial charge in [0.2, 0.25) is 5.91 Å². The van der Waals surface area contributed by atoms with Gasteiger partial charge in [0.25, 0.3) is 5.91 Å². The highest BCUT2D eigenvalue weighted by molar-refractivity contribution is 7.12. The van der Waals surface area contributed by atoms with Gasteiger partial charge in [0.05, 0.1) is 10.4 Å². The Kier molecular flexibility index (Phi) is 4.43. The largest absolute Gasteiger partial charge is 0.480 e. The van der Waals surface area contributed by atoms with Gasteiger partial charge in [-0.1, -0.05) is 0 Å². The molecule has 18 heavy (non-hydrogen) atoms. The summed E-state index contributed by atoms with van der Waals surface area (Å²) in [6.07, 6.45) is 0. The standard InChI is InChI=1S/C11H14N2O4S/c1-6(2)13(4-9(14)15)11(17)8-3-7(5-18-8)10(12)16/h3,5-6H,4H2,1-2H3,(H2,12,16)(H,14,15). The molecule has 0 saturated heterocycles. The average Bonchev–Trinajstić information content (AvgIpc) is 2.73. The molecule has 0 fully saturated rings. The van der Waals surface area contributed by atoms with Crippen LogP contribution >= 0.6 is 11.3 Å². The lowest BCUT2D eigenvalue weighted by Crippen LogP contribution is -2.40. The monoisotopic (exact) mass is 270 g/mol. The molecule has 6 nitrogen and oxygen atoms in total. The number of primary amides is 1. The van der Waals surface area contributed by atoms with Crippen molar-refractivity contribution in [3.05, 3.63) is 21.9 Å². The molecular formula is C11H14N2O4S. The van der Waals surface area contributed by atoms with Crippen LogP contribution in [0.25, 0.3) is 0 Å². The van der Waals surface area contributed by atoms with E-state index in [0.29, 0.717) is 4.88 Å². The molecule has 7 heteroatoms. The number of carbonyl (C=O) groups excluding carboxylic acids is 2. The number of thiophene rings is 1. The molecule has 0 atom stereocenters. The summed E-state index contributed by atoms with van der Waals surface area (Å²) in [5, 5.41) is 10.2. The maximum atomic E-state index is 12.1. The van der Waals surface area contributed by atoms with E-state index in [0.717, 1.165) is 11.3 Å². The smallest absolute Gasteiger partial charge is 0.323 e. The Morgan fingerprint density at radius 1 is 1.44 bits per heavy atom. The highest BCUT2D eigenvalue weighted by Crippen LogP contribution is 2.17. The van der Waals surface area contributed by atoms with Gasteiger partial charge in [0.15, 0.2) is 0 Å². The van der Waals surface area contributed by atoms with Gasteiger partial charge < -0.3 is 15.7 Å². The van der Waals surface area contributed by atoms with Crippen molar-refractivity contribution in [3.63, 3.8) is 0 Å². The van der Waals surface area contributed by atoms with Crippen molar-refractivity contribution >= 4 is 29.1 Å². The fourth-order valence-electron chi connectivity index (χ4n) is 1.35. The van der Waals surface area contributed by atoms with Crippen LogP contribution in [-0.4, -0.2) is 40.4 Å². The number of aliphatic carboxylic acids is 1. The summed E-state index contributed by atoms with van der Waals surface area (Å²) in [6, 6.07) is 1.14. The predicted octanol–water partition coefficient (Wildman–Crippen LogP) is 0.782. The second kappa shape index (κ2) is 5.63. The fourth-order valence-corrected chi connectivity index (χ4v) is 2.20. The molecule has 0 aliphatic carbocycles. The van der Waals surface area contributed by atoms with Gasteiger partial charge in [0, 0.05) is 11.4 Å². The second-order valence-corrected chi connectivity index (χ2v) is 4.90. The first kappa shape index (κ1) is 14.2. The van der Waals surface area contributed by atoms with Crippen LogP contribution in [0.1, 0.15) is 33.9 Å². The van der Waals surface area contributed by atoms with Crippen molar-refractivity contribution in [2.45, 2.75) is 19.9 Å². The van der Waals surface area contributed by atoms with Crippen molar-refractivity contribution in [1.29, 1.82) is 0 Å². The molecule has 2 amide bonds. The quantitative estimate of drug-likeness (QED) is 0.825. The van der Waals surface area contributed by atoms with Crippen molar-refractivity contribution < 1.29 is 19.5 Å². The molecule has 3 N–H and O–H groups in total. The van der Waals surface area contributed by atoms with Crippen LogP contribution in [0.15, 0.2) is 11.4 Å². The molecule has 0 saturated carbocycles. The Morgan fingerprint density at radius 3 is 2.44 bits per heavy atom. The minimum atomic E-state index is -1.08. The van der Waals surface area contributed by atoms with E-state index in [-0.39, 0.29) is 18.2 Å². The zero-order valence-electron chi connectivity index (χ0n) is 10.0. The van der Waals surface area contributed by atoms with E-state index in [9.17, 15) is 14.4 Å². The first-order valence-corrected chi connectivity index (χ1v) is 6.12. The Morgan fingerprint density at radius 2 is 2.06 bits per heavy atom. The molecule has 0 aliphatic heterocycles. The lowest BCUT2D eigenvalue weighted by Gasteiger charge is -2.24. The summed E-state index contributed by atoms with van der Waals surface area (Å²) in [7, 11) is 0. The van der Waals surface area contributed by atoms with Gasteiger partial charge in [-0.25, -0.2) is 0 Å². The minimum absolute atomic E-state index is 0.243. The second-order valence-electron chi connectivity index (χ2n) is 3.98. The Balaban J connectivity index is 2.94. The zero-order valence-corrected chi connectivity index (χ0v) is 10.9. The van der Waals surface area contributed by atoms with E-state index in [4.69, 9.17) is 10.8 Å². The molecule has 0 spiro atoms. The van der Waals surface area contributed by atoms with Crippen molar-refractivity contribution in [1.82, 2.24) is 4.90 Å². The number of carboxylic acids is 1. The molecule has 0 bridgehead atoms. The van der Waals surface area contributed by atoms with Gasteiger partial charge in [-0.05, 0) is 19.9 Å². The first-order chi connectivity index (χ1) is 8.32. The molecule has 98 valence electrons. The van der Waals surface area contributed by atoms with E-state index < -0.39 is 17.8 Å². The van der Waals surface area contributed by atoms with Crippen molar-refractivity contribution in [3.8, 4) is 0 Å². The minimum Gasteiger partial charge on any atom is -0.480 e. The molecule has 1 aromatic rings. The zero-order chi connectivity index (χ0) is 13.9. The topological polar surface area (TPSA) is 101 Å². The lowest BCUT2D eigenvalue weighted by atomic mass is 10.2. The molecule has 1 heterocycles. The summed E-state index contributed by atoms with van der Waals surface area (Å²) in [4.78, 5) is 35.2. The van der Waals surface area contributed by atoms with Gasteiger partial charge >= 0.3 is 5.97 Å². The summed E-state index contributed by atoms with van der Waals surface area (Å²) in [5.74, 6) is -2.10. The van der Waals surface area contributed by atoms with Crippen molar-refractivity contribution in [2.75, 3.05) is 6.54 Å². The van der Waals surface area contributed by atoms with Crippen LogP contribution in [0.3, 0.4) is 0 Å². The van der Waals surface area contributed by atoms with Gasteiger partial charge in [-0.3, -0.25) is 14.4 Å². The van der Waals surface area contributed by atoms with E-state index in [1.165, 1.54) is 16.3 Å². The number of nitrogens with two attached hydrogens (primary N) is 1. The molecule has 0 radical (unpaired) electrons. The van der Waals surface area contributed by atoms with Gasteiger partial charge in [0.1, 0.15) is 6.54 Å². The third-order valence-corrected chi connectivity index (χ3v) is 3.20. The molecule has 1 rings (SSSR count). The Labute approximate surface area is 108 Å². The molecule has 1 aromatic heterocycles. The number of hydrogen-bond donors (Lipinski definition) is 2. The van der Waals surface area contributed by atoms with E-state index in [2.05, 4.69) is 0 Å². The summed E-state index contributed by atoms with van der Waals surface area (Å²) >= 11 is 1.07. The highest BCUT2D eigenvalue weighted by Gasteiger charge is 2.23. The third kappa shape index (κ3) is 3.30. The van der Waals surface area contributed by atoms with E-state index >= 15 is 0 Å². The van der Waals surface area contributed by atoms with Crippen LogP contribution < -0.4 is 5.73 Å². The number of carboxylic acid groups (broad SMARTS) is 1. The SMILES string of the molecule is CC(C)N(CC(=O)O)C(=O)c1cc(C(N)=O)cs1. The maximum Gasteiger partial charge on any atom is 0.323 e. The van der Waals surface area contributed by atoms with Crippen LogP contribution in [0, 0.1) is 0 Å². The highest BCUT2D eigenvalue weighted by atomic mass is 32.1. The van der Waals surface area contributed by atoms with Crippen molar-refractivity contribution in [2.24, 2.45) is 5.73 Å². The fraction of sp³-hybridized carbons (Fsp3) is 0.364. The normalized spacial score (nSPS) is 10.4. The maximum absolute atomic E-state index is 12.1. The summed E-state index contributed by atoms with van der Waals surface area (Å²) in [5.41, 5.74) is 5.34. The third-order valence-electron chi connectivity index (χ3n) is 2.28. The molecule has 0 aromatic carbocycles. The van der Waals surface area contributed by atoms with Crippen LogP contribution in [0.5, 0.6) is 0 Å². The summed E-state index contributed by atoms with van der Waals surface area (Å²) in [6.45, 7) is 3.08. The number of hydrogen-bond acceptors (Lipinski definition) is 4. The number of amides is 2. The van der Waals surface area contributed by atoms with Crippen LogP contribution in [-0.2, 0) is 4.79 Å². The van der Waals surface area contributed by atoms with Crippen LogP contribution in [0.4, 0.5) is 0 Å². The molecule has 0 unspecified atom stereocenters. The number of nitrogens with zero attached hydrogens (tertiary/aromatic N) is 1. The van der Waals surface area contributed by atoms with E-state index in [1.54, 1.807) is 13.8 Å². The average molecular weight is 270 g/mol. The molecule has 0 aliphatic rings. The van der Waals surface area contributed by atoms with Crippen LogP contribution in [0.2, 0.25) is 0 Å². The van der Waals surface area contributed by atoms with Gasteiger partial charge in [-0.2, -0.15) is 0 Å². The lowest BCUT2D eigenvalue weighted by molar-refractivity contribution is -0.138.